The van der Waals surface area contributed by atoms with Crippen molar-refractivity contribution in [2.24, 2.45) is 0 Å². The number of rotatable bonds is 12. The molecule has 0 amide bonds. The average Bonchev–Trinajstić information content (AvgIpc) is 2.77. The van der Waals surface area contributed by atoms with Gasteiger partial charge in [-0.15, -0.1) is 0 Å². The molecule has 0 fully saturated rings. The number of halogens is 4. The SMILES string of the molecule is CN(CCOS(=O)(=O)OCCN(C)S(=O)(=O)c1cc(Cl)c(N)cc1Cl)S(=O)(=O)c1cc(Cl)c(N)cc1Cl. The van der Waals surface area contributed by atoms with Crippen LogP contribution >= 0.6 is 46.4 Å². The fourth-order valence-electron chi connectivity index (χ4n) is 2.63. The molecule has 208 valence electrons. The number of benzene rings is 2. The number of nitrogen functional groups attached to an aromatic ring is 2. The Labute approximate surface area is 235 Å². The van der Waals surface area contributed by atoms with Crippen LogP contribution < -0.4 is 11.5 Å². The van der Waals surface area contributed by atoms with Crippen molar-refractivity contribution in [1.82, 2.24) is 8.61 Å². The molecule has 0 saturated carbocycles. The van der Waals surface area contributed by atoms with Gasteiger partial charge in [0.2, 0.25) is 20.0 Å². The fourth-order valence-corrected chi connectivity index (χ4v) is 7.09. The molecular weight excluding hydrogens is 638 g/mol. The molecule has 4 N–H and O–H groups in total. The molecule has 2 aromatic rings. The van der Waals surface area contributed by atoms with Crippen LogP contribution in [0.3, 0.4) is 0 Å². The number of nitrogens with two attached hydrogens (primary N) is 2. The van der Waals surface area contributed by atoms with Crippen LogP contribution in [-0.4, -0.2) is 74.3 Å². The van der Waals surface area contributed by atoms with E-state index in [0.717, 1.165) is 20.7 Å². The molecule has 0 unspecified atom stereocenters. The molecule has 0 aliphatic heterocycles. The van der Waals surface area contributed by atoms with Crippen molar-refractivity contribution >= 4 is 88.2 Å². The van der Waals surface area contributed by atoms with Crippen LogP contribution in [0.15, 0.2) is 34.1 Å². The quantitative estimate of drug-likeness (QED) is 0.322. The van der Waals surface area contributed by atoms with Crippen LogP contribution in [0.1, 0.15) is 0 Å². The minimum absolute atomic E-state index is 0.0302. The van der Waals surface area contributed by atoms with E-state index >= 15 is 0 Å². The molecule has 2 rings (SSSR count). The van der Waals surface area contributed by atoms with E-state index in [-0.39, 0.29) is 41.3 Å². The molecule has 0 saturated heterocycles. The van der Waals surface area contributed by atoms with Crippen molar-refractivity contribution in [3.63, 3.8) is 0 Å². The number of hydrogen-bond acceptors (Lipinski definition) is 10. The second-order valence-corrected chi connectivity index (χ2v) is 14.3. The van der Waals surface area contributed by atoms with E-state index in [1.807, 2.05) is 0 Å². The lowest BCUT2D eigenvalue weighted by Gasteiger charge is -2.19. The monoisotopic (exact) mass is 658 g/mol. The highest BCUT2D eigenvalue weighted by Crippen LogP contribution is 2.32. The summed E-state index contributed by atoms with van der Waals surface area (Å²) in [6, 6.07) is 4.49. The normalized spacial score (nSPS) is 13.0. The van der Waals surface area contributed by atoms with Crippen LogP contribution in [0.25, 0.3) is 0 Å². The zero-order valence-electron chi connectivity index (χ0n) is 19.2. The van der Waals surface area contributed by atoms with Crippen molar-refractivity contribution in [3.8, 4) is 0 Å². The molecular formula is C18H22Cl4N4O8S3. The maximum Gasteiger partial charge on any atom is 0.399 e. The first-order valence-corrected chi connectivity index (χ1v) is 15.6. The molecule has 0 atom stereocenters. The van der Waals surface area contributed by atoms with Gasteiger partial charge < -0.3 is 11.5 Å². The lowest BCUT2D eigenvalue weighted by molar-refractivity contribution is 0.200. The molecule has 0 bridgehead atoms. The lowest BCUT2D eigenvalue weighted by atomic mass is 10.3. The summed E-state index contributed by atoms with van der Waals surface area (Å²) in [6.45, 7) is -2.06. The number of sulfonamides is 2. The molecule has 37 heavy (non-hydrogen) atoms. The Morgan fingerprint density at radius 2 is 0.973 bits per heavy atom. The predicted molar refractivity (Wildman–Crippen MR) is 142 cm³/mol. The topological polar surface area (TPSA) is 179 Å². The summed E-state index contributed by atoms with van der Waals surface area (Å²) < 4.78 is 85.8. The zero-order valence-corrected chi connectivity index (χ0v) is 24.7. The molecule has 2 aromatic carbocycles. The summed E-state index contributed by atoms with van der Waals surface area (Å²) in [7, 11) is -10.6. The maximum atomic E-state index is 12.7. The summed E-state index contributed by atoms with van der Waals surface area (Å²) in [5, 5.41) is -0.408. The third-order valence-corrected chi connectivity index (χ3v) is 11.0. The van der Waals surface area contributed by atoms with Gasteiger partial charge in [0.15, 0.2) is 0 Å². The summed E-state index contributed by atoms with van der Waals surface area (Å²) in [5.41, 5.74) is 11.3. The van der Waals surface area contributed by atoms with E-state index in [9.17, 15) is 25.3 Å². The third-order valence-electron chi connectivity index (χ3n) is 4.75. The first-order valence-electron chi connectivity index (χ1n) is 9.85. The molecule has 19 heteroatoms. The number of hydrogen-bond donors (Lipinski definition) is 2. The first-order chi connectivity index (χ1) is 16.9. The van der Waals surface area contributed by atoms with Crippen molar-refractivity contribution in [2.45, 2.75) is 9.79 Å². The lowest BCUT2D eigenvalue weighted by Crippen LogP contribution is -2.32. The van der Waals surface area contributed by atoms with Crippen LogP contribution in [0.2, 0.25) is 20.1 Å². The largest absolute Gasteiger partial charge is 0.399 e. The molecule has 12 nitrogen and oxygen atoms in total. The van der Waals surface area contributed by atoms with Gasteiger partial charge in [0.05, 0.1) is 44.7 Å². The number of anilines is 2. The highest BCUT2D eigenvalue weighted by molar-refractivity contribution is 7.89. The van der Waals surface area contributed by atoms with Crippen LogP contribution in [0, 0.1) is 0 Å². The number of likely N-dealkylation sites (N-methyl/N-ethyl adjacent to an activating group) is 2. The van der Waals surface area contributed by atoms with Gasteiger partial charge in [-0.2, -0.15) is 17.0 Å². The van der Waals surface area contributed by atoms with Gasteiger partial charge >= 0.3 is 10.4 Å². The van der Waals surface area contributed by atoms with Gasteiger partial charge in [0.1, 0.15) is 9.79 Å². The predicted octanol–water partition coefficient (Wildman–Crippen LogP) is 2.68. The second-order valence-electron chi connectivity index (χ2n) is 7.31. The Bertz CT molecular complexity index is 1380. The Morgan fingerprint density at radius 1 is 0.649 bits per heavy atom. The molecule has 0 radical (unpaired) electrons. The summed E-state index contributed by atoms with van der Waals surface area (Å²) in [5.74, 6) is 0. The van der Waals surface area contributed by atoms with Gasteiger partial charge in [-0.05, 0) is 24.3 Å². The van der Waals surface area contributed by atoms with E-state index in [1.165, 1.54) is 26.2 Å². The molecule has 0 aromatic heterocycles. The molecule has 0 spiro atoms. The van der Waals surface area contributed by atoms with E-state index in [4.69, 9.17) is 57.9 Å². The highest BCUT2D eigenvalue weighted by atomic mass is 35.5. The van der Waals surface area contributed by atoms with Gasteiger partial charge in [0.25, 0.3) is 0 Å². The molecule has 0 heterocycles. The van der Waals surface area contributed by atoms with Crippen LogP contribution in [0.4, 0.5) is 11.4 Å². The molecule has 0 aliphatic rings. The fraction of sp³-hybridized carbons (Fsp3) is 0.333. The summed E-state index contributed by atoms with van der Waals surface area (Å²) in [4.78, 5) is -0.663. The van der Waals surface area contributed by atoms with Crippen LogP contribution in [-0.2, 0) is 38.8 Å². The first kappa shape index (κ1) is 32.1. The van der Waals surface area contributed by atoms with Crippen molar-refractivity contribution in [1.29, 1.82) is 0 Å². The summed E-state index contributed by atoms with van der Waals surface area (Å²) >= 11 is 23.7. The van der Waals surface area contributed by atoms with E-state index < -0.39 is 56.7 Å². The van der Waals surface area contributed by atoms with Crippen molar-refractivity contribution in [2.75, 3.05) is 51.9 Å². The molecule has 0 aliphatic carbocycles. The standard InChI is InChI=1S/C18H22Cl4N4O8S3/c1-25(35(27,28)17-9-11(19)15(23)7-13(17)21)3-5-33-37(31,32)34-6-4-26(2)36(29,30)18-10-12(20)16(24)8-14(18)22/h7-10H,3-6,23-24H2,1-2H3. The van der Waals surface area contributed by atoms with Crippen LogP contribution in [0.5, 0.6) is 0 Å². The Balaban J connectivity index is 1.94. The minimum atomic E-state index is -4.60. The van der Waals surface area contributed by atoms with Gasteiger partial charge in [0, 0.05) is 27.2 Å². The smallest absolute Gasteiger partial charge is 0.397 e. The highest BCUT2D eigenvalue weighted by Gasteiger charge is 2.27. The zero-order chi connectivity index (χ0) is 28.3. The minimum Gasteiger partial charge on any atom is -0.397 e. The van der Waals surface area contributed by atoms with E-state index in [1.54, 1.807) is 0 Å². The van der Waals surface area contributed by atoms with E-state index in [0.29, 0.717) is 0 Å². The summed E-state index contributed by atoms with van der Waals surface area (Å²) in [6.07, 6.45) is 0. The third kappa shape index (κ3) is 7.95. The maximum absolute atomic E-state index is 12.7. The van der Waals surface area contributed by atoms with Crippen molar-refractivity contribution < 1.29 is 33.6 Å². The van der Waals surface area contributed by atoms with Gasteiger partial charge in [-0.1, -0.05) is 46.4 Å². The Kier molecular flexibility index (Phi) is 10.7. The second kappa shape index (κ2) is 12.4. The Morgan fingerprint density at radius 3 is 1.30 bits per heavy atom. The average molecular weight is 660 g/mol. The Hall–Kier alpha value is -1.11. The van der Waals surface area contributed by atoms with E-state index in [2.05, 4.69) is 8.37 Å². The van der Waals surface area contributed by atoms with Crippen molar-refractivity contribution in [3.05, 3.63) is 44.4 Å². The number of nitrogens with zero attached hydrogens (tertiary/aromatic N) is 2. The van der Waals surface area contributed by atoms with Gasteiger partial charge in [-0.25, -0.2) is 25.2 Å². The van der Waals surface area contributed by atoms with Gasteiger partial charge in [-0.3, -0.25) is 0 Å².